The number of hydrogen-bond acceptors (Lipinski definition) is 6. The topological polar surface area (TPSA) is 103 Å². The summed E-state index contributed by atoms with van der Waals surface area (Å²) in [6, 6.07) is 8.83. The van der Waals surface area contributed by atoms with Crippen molar-refractivity contribution in [2.75, 3.05) is 31.4 Å². The third kappa shape index (κ3) is 4.37. The summed E-state index contributed by atoms with van der Waals surface area (Å²) >= 11 is 0. The van der Waals surface area contributed by atoms with Crippen LogP contribution in [0.2, 0.25) is 0 Å². The van der Waals surface area contributed by atoms with Gasteiger partial charge in [0.1, 0.15) is 5.75 Å². The standard InChI is InChI=1S/C17H20N2O6S/c1-11(20)18-14-7-6-13(10-16(14)24-3)26(21,22)19-12-5-8-15(23-2)17(9-12)25-4/h5-10,19H,1-4H3,(H,18,20). The van der Waals surface area contributed by atoms with Crippen molar-refractivity contribution in [2.24, 2.45) is 0 Å². The minimum absolute atomic E-state index is 0.0155. The van der Waals surface area contributed by atoms with Crippen molar-refractivity contribution in [1.29, 1.82) is 0 Å². The number of carbonyl (C=O) groups is 1. The minimum Gasteiger partial charge on any atom is -0.495 e. The third-order valence-corrected chi connectivity index (χ3v) is 4.81. The van der Waals surface area contributed by atoms with Crippen molar-refractivity contribution < 1.29 is 27.4 Å². The van der Waals surface area contributed by atoms with Crippen molar-refractivity contribution in [1.82, 2.24) is 0 Å². The molecule has 0 fully saturated rings. The maximum Gasteiger partial charge on any atom is 0.262 e. The molecule has 0 aromatic heterocycles. The molecule has 1 amide bonds. The van der Waals surface area contributed by atoms with Gasteiger partial charge in [0, 0.05) is 19.1 Å². The lowest BCUT2D eigenvalue weighted by atomic mass is 10.3. The Labute approximate surface area is 152 Å². The van der Waals surface area contributed by atoms with Gasteiger partial charge in [-0.15, -0.1) is 0 Å². The van der Waals surface area contributed by atoms with Crippen LogP contribution in [-0.4, -0.2) is 35.7 Å². The summed E-state index contributed by atoms with van der Waals surface area (Å²) in [7, 11) is 0.464. The molecule has 2 aromatic carbocycles. The molecule has 0 aliphatic heterocycles. The van der Waals surface area contributed by atoms with Gasteiger partial charge >= 0.3 is 0 Å². The Kier molecular flexibility index (Phi) is 5.93. The number of hydrogen-bond donors (Lipinski definition) is 2. The molecule has 0 heterocycles. The maximum absolute atomic E-state index is 12.6. The van der Waals surface area contributed by atoms with Crippen LogP contribution in [0.3, 0.4) is 0 Å². The van der Waals surface area contributed by atoms with Gasteiger partial charge in [-0.3, -0.25) is 9.52 Å². The Bertz CT molecular complexity index is 911. The molecule has 0 radical (unpaired) electrons. The lowest BCUT2D eigenvalue weighted by molar-refractivity contribution is -0.114. The molecule has 0 spiro atoms. The first-order valence-electron chi connectivity index (χ1n) is 7.51. The molecule has 140 valence electrons. The van der Waals surface area contributed by atoms with Crippen LogP contribution >= 0.6 is 0 Å². The number of sulfonamides is 1. The fraction of sp³-hybridized carbons (Fsp3) is 0.235. The molecule has 8 nitrogen and oxygen atoms in total. The Morgan fingerprint density at radius 2 is 1.54 bits per heavy atom. The molecule has 26 heavy (non-hydrogen) atoms. The fourth-order valence-corrected chi connectivity index (χ4v) is 3.31. The summed E-state index contributed by atoms with van der Waals surface area (Å²) in [6.45, 7) is 1.35. The van der Waals surface area contributed by atoms with Crippen molar-refractivity contribution in [3.63, 3.8) is 0 Å². The van der Waals surface area contributed by atoms with Crippen LogP contribution < -0.4 is 24.2 Å². The van der Waals surface area contributed by atoms with Crippen molar-refractivity contribution in [3.8, 4) is 17.2 Å². The van der Waals surface area contributed by atoms with E-state index in [-0.39, 0.29) is 16.6 Å². The fourth-order valence-electron chi connectivity index (χ4n) is 2.25. The van der Waals surface area contributed by atoms with Crippen LogP contribution in [0, 0.1) is 0 Å². The van der Waals surface area contributed by atoms with Gasteiger partial charge in [0.25, 0.3) is 10.0 Å². The second-order valence-corrected chi connectivity index (χ2v) is 6.90. The molecule has 0 atom stereocenters. The first-order valence-corrected chi connectivity index (χ1v) is 8.99. The van der Waals surface area contributed by atoms with Crippen molar-refractivity contribution >= 4 is 27.3 Å². The normalized spacial score (nSPS) is 10.8. The molecule has 0 aliphatic rings. The number of methoxy groups -OCH3 is 3. The number of anilines is 2. The van der Waals surface area contributed by atoms with Gasteiger partial charge in [-0.2, -0.15) is 0 Å². The second-order valence-electron chi connectivity index (χ2n) is 5.22. The molecule has 2 N–H and O–H groups in total. The van der Waals surface area contributed by atoms with Crippen molar-refractivity contribution in [3.05, 3.63) is 36.4 Å². The quantitative estimate of drug-likeness (QED) is 0.765. The Balaban J connectivity index is 2.34. The van der Waals surface area contributed by atoms with E-state index in [1.165, 1.54) is 52.5 Å². The van der Waals surface area contributed by atoms with E-state index in [0.717, 1.165) is 0 Å². The van der Waals surface area contributed by atoms with E-state index in [4.69, 9.17) is 14.2 Å². The van der Waals surface area contributed by atoms with Crippen LogP contribution in [0.4, 0.5) is 11.4 Å². The smallest absolute Gasteiger partial charge is 0.262 e. The van der Waals surface area contributed by atoms with E-state index >= 15 is 0 Å². The molecular weight excluding hydrogens is 360 g/mol. The Morgan fingerprint density at radius 1 is 0.885 bits per heavy atom. The summed E-state index contributed by atoms with van der Waals surface area (Å²) in [5, 5.41) is 2.57. The Morgan fingerprint density at radius 3 is 2.12 bits per heavy atom. The number of benzene rings is 2. The first-order chi connectivity index (χ1) is 12.3. The predicted octanol–water partition coefficient (Wildman–Crippen LogP) is 2.47. The zero-order valence-electron chi connectivity index (χ0n) is 14.8. The highest BCUT2D eigenvalue weighted by atomic mass is 32.2. The number of nitrogens with one attached hydrogen (secondary N) is 2. The number of ether oxygens (including phenoxy) is 3. The molecule has 2 aromatic rings. The average molecular weight is 380 g/mol. The van der Waals surface area contributed by atoms with Gasteiger partial charge in [0.2, 0.25) is 5.91 Å². The van der Waals surface area contributed by atoms with E-state index in [0.29, 0.717) is 22.9 Å². The lowest BCUT2D eigenvalue weighted by Crippen LogP contribution is -2.14. The molecule has 9 heteroatoms. The molecule has 2 rings (SSSR count). The van der Waals surface area contributed by atoms with Crippen LogP contribution in [0.15, 0.2) is 41.3 Å². The van der Waals surface area contributed by atoms with Gasteiger partial charge in [-0.25, -0.2) is 8.42 Å². The molecule has 0 unspecified atom stereocenters. The lowest BCUT2D eigenvalue weighted by Gasteiger charge is -2.14. The molecular formula is C17H20N2O6S. The van der Waals surface area contributed by atoms with Gasteiger partial charge in [-0.05, 0) is 24.3 Å². The monoisotopic (exact) mass is 380 g/mol. The number of rotatable bonds is 7. The number of carbonyl (C=O) groups excluding carboxylic acids is 1. The molecule has 0 saturated carbocycles. The average Bonchev–Trinajstić information content (AvgIpc) is 2.60. The predicted molar refractivity (Wildman–Crippen MR) is 97.7 cm³/mol. The summed E-state index contributed by atoms with van der Waals surface area (Å²) in [5.41, 5.74) is 0.692. The van der Waals surface area contributed by atoms with Crippen molar-refractivity contribution in [2.45, 2.75) is 11.8 Å². The minimum atomic E-state index is -3.87. The summed E-state index contributed by atoms with van der Waals surface area (Å²) in [6.07, 6.45) is 0. The van der Waals surface area contributed by atoms with Crippen LogP contribution in [0.5, 0.6) is 17.2 Å². The van der Waals surface area contributed by atoms with Gasteiger partial charge in [0.05, 0.1) is 37.6 Å². The SMILES string of the molecule is COc1cc(S(=O)(=O)Nc2ccc(OC)c(OC)c2)ccc1NC(C)=O. The van der Waals surface area contributed by atoms with E-state index in [1.807, 2.05) is 0 Å². The van der Waals surface area contributed by atoms with Crippen LogP contribution in [0.1, 0.15) is 6.92 Å². The second kappa shape index (κ2) is 7.96. The van der Waals surface area contributed by atoms with Crippen LogP contribution in [0.25, 0.3) is 0 Å². The van der Waals surface area contributed by atoms with Gasteiger partial charge in [-0.1, -0.05) is 0 Å². The maximum atomic E-state index is 12.6. The molecule has 0 bridgehead atoms. The third-order valence-electron chi connectivity index (χ3n) is 3.43. The zero-order chi connectivity index (χ0) is 19.3. The summed E-state index contributed by atoms with van der Waals surface area (Å²) in [4.78, 5) is 11.2. The van der Waals surface area contributed by atoms with E-state index in [1.54, 1.807) is 12.1 Å². The van der Waals surface area contributed by atoms with Gasteiger partial charge in [0.15, 0.2) is 11.5 Å². The van der Waals surface area contributed by atoms with E-state index in [9.17, 15) is 13.2 Å². The highest BCUT2D eigenvalue weighted by molar-refractivity contribution is 7.92. The molecule has 0 aliphatic carbocycles. The highest BCUT2D eigenvalue weighted by Gasteiger charge is 2.18. The first kappa shape index (κ1) is 19.4. The van der Waals surface area contributed by atoms with E-state index in [2.05, 4.69) is 10.0 Å². The Hall–Kier alpha value is -2.94. The zero-order valence-corrected chi connectivity index (χ0v) is 15.6. The van der Waals surface area contributed by atoms with E-state index < -0.39 is 10.0 Å². The van der Waals surface area contributed by atoms with Gasteiger partial charge < -0.3 is 19.5 Å². The van der Waals surface area contributed by atoms with Crippen LogP contribution in [-0.2, 0) is 14.8 Å². The number of amides is 1. The highest BCUT2D eigenvalue weighted by Crippen LogP contribution is 2.32. The summed E-state index contributed by atoms with van der Waals surface area (Å²) < 4.78 is 43.2. The molecule has 0 saturated heterocycles. The largest absolute Gasteiger partial charge is 0.495 e. The summed E-state index contributed by atoms with van der Waals surface area (Å²) in [5.74, 6) is 0.820.